The summed E-state index contributed by atoms with van der Waals surface area (Å²) in [5.41, 5.74) is 1.22. The standard InChI is InChI=1S/C15H12F2N2O2S/c1-8-9(2)22-15(11(8)6-18)19-14(20)7-21-13-4-3-10(16)5-12(13)17/h3-5H,7H2,1-2H3,(H,19,20). The minimum Gasteiger partial charge on any atom is -0.481 e. The zero-order chi connectivity index (χ0) is 16.3. The van der Waals surface area contributed by atoms with E-state index in [1.165, 1.54) is 11.3 Å². The number of anilines is 1. The van der Waals surface area contributed by atoms with E-state index >= 15 is 0 Å². The molecule has 0 saturated carbocycles. The molecule has 0 radical (unpaired) electrons. The number of rotatable bonds is 4. The van der Waals surface area contributed by atoms with Crippen LogP contribution in [0.25, 0.3) is 0 Å². The van der Waals surface area contributed by atoms with Crippen molar-refractivity contribution in [1.82, 2.24) is 0 Å². The van der Waals surface area contributed by atoms with Crippen LogP contribution in [0.4, 0.5) is 13.8 Å². The number of nitrogens with zero attached hydrogens (tertiary/aromatic N) is 1. The van der Waals surface area contributed by atoms with Gasteiger partial charge in [0, 0.05) is 10.9 Å². The van der Waals surface area contributed by atoms with Crippen molar-refractivity contribution in [1.29, 1.82) is 5.26 Å². The van der Waals surface area contributed by atoms with Gasteiger partial charge in [-0.05, 0) is 31.5 Å². The van der Waals surface area contributed by atoms with Crippen molar-refractivity contribution in [3.63, 3.8) is 0 Å². The summed E-state index contributed by atoms with van der Waals surface area (Å²) in [7, 11) is 0. The Labute approximate surface area is 130 Å². The van der Waals surface area contributed by atoms with Gasteiger partial charge in [-0.2, -0.15) is 5.26 Å². The van der Waals surface area contributed by atoms with E-state index in [0.717, 1.165) is 22.6 Å². The van der Waals surface area contributed by atoms with E-state index in [4.69, 9.17) is 10.00 Å². The third-order valence-electron chi connectivity index (χ3n) is 3.00. The lowest BCUT2D eigenvalue weighted by molar-refractivity contribution is -0.118. The lowest BCUT2D eigenvalue weighted by Gasteiger charge is -2.07. The fraction of sp³-hybridized carbons (Fsp3) is 0.200. The molecule has 0 fully saturated rings. The predicted octanol–water partition coefficient (Wildman–Crippen LogP) is 3.53. The summed E-state index contributed by atoms with van der Waals surface area (Å²) in [5.74, 6) is -2.34. The Morgan fingerprint density at radius 3 is 2.77 bits per heavy atom. The predicted molar refractivity (Wildman–Crippen MR) is 79.0 cm³/mol. The maximum Gasteiger partial charge on any atom is 0.262 e. The van der Waals surface area contributed by atoms with E-state index in [9.17, 15) is 13.6 Å². The van der Waals surface area contributed by atoms with Crippen molar-refractivity contribution in [3.8, 4) is 11.8 Å². The summed E-state index contributed by atoms with van der Waals surface area (Å²) in [6.07, 6.45) is 0. The molecule has 22 heavy (non-hydrogen) atoms. The molecule has 1 heterocycles. The van der Waals surface area contributed by atoms with E-state index in [-0.39, 0.29) is 5.75 Å². The highest BCUT2D eigenvalue weighted by Crippen LogP contribution is 2.31. The summed E-state index contributed by atoms with van der Waals surface area (Å²) in [6.45, 7) is 3.20. The number of amides is 1. The number of hydrogen-bond acceptors (Lipinski definition) is 4. The second kappa shape index (κ2) is 6.54. The quantitative estimate of drug-likeness (QED) is 0.936. The molecule has 1 aromatic carbocycles. The smallest absolute Gasteiger partial charge is 0.262 e. The molecule has 0 aliphatic rings. The summed E-state index contributed by atoms with van der Waals surface area (Å²) in [4.78, 5) is 12.7. The second-order valence-corrected chi connectivity index (χ2v) is 5.74. The van der Waals surface area contributed by atoms with E-state index in [1.807, 2.05) is 13.0 Å². The Morgan fingerprint density at radius 2 is 2.14 bits per heavy atom. The topological polar surface area (TPSA) is 62.1 Å². The molecule has 0 atom stereocenters. The highest BCUT2D eigenvalue weighted by molar-refractivity contribution is 7.16. The molecule has 114 valence electrons. The number of aryl methyl sites for hydroxylation is 1. The van der Waals surface area contributed by atoms with Crippen LogP contribution in [-0.4, -0.2) is 12.5 Å². The van der Waals surface area contributed by atoms with Gasteiger partial charge in [0.25, 0.3) is 5.91 Å². The first-order chi connectivity index (χ1) is 10.4. The molecule has 0 aliphatic heterocycles. The highest BCUT2D eigenvalue weighted by atomic mass is 32.1. The molecule has 0 unspecified atom stereocenters. The van der Waals surface area contributed by atoms with Crippen LogP contribution in [0.1, 0.15) is 16.0 Å². The normalized spacial score (nSPS) is 10.1. The molecule has 0 spiro atoms. The summed E-state index contributed by atoms with van der Waals surface area (Å²) >= 11 is 1.29. The molecule has 2 aromatic rings. The zero-order valence-corrected chi connectivity index (χ0v) is 12.7. The fourth-order valence-corrected chi connectivity index (χ4v) is 2.77. The molecule has 4 nitrogen and oxygen atoms in total. The second-order valence-electron chi connectivity index (χ2n) is 4.51. The third-order valence-corrected chi connectivity index (χ3v) is 4.13. The first kappa shape index (κ1) is 15.9. The van der Waals surface area contributed by atoms with Crippen molar-refractivity contribution in [2.45, 2.75) is 13.8 Å². The van der Waals surface area contributed by atoms with E-state index in [2.05, 4.69) is 5.32 Å². The Bertz CT molecular complexity index is 766. The zero-order valence-electron chi connectivity index (χ0n) is 11.9. The van der Waals surface area contributed by atoms with Gasteiger partial charge in [0.2, 0.25) is 0 Å². The largest absolute Gasteiger partial charge is 0.481 e. The minimum absolute atomic E-state index is 0.212. The Balaban J connectivity index is 2.02. The van der Waals surface area contributed by atoms with Crippen LogP contribution < -0.4 is 10.1 Å². The minimum atomic E-state index is -0.881. The van der Waals surface area contributed by atoms with Crippen LogP contribution in [0.15, 0.2) is 18.2 Å². The van der Waals surface area contributed by atoms with Crippen molar-refractivity contribution in [2.75, 3.05) is 11.9 Å². The number of hydrogen-bond donors (Lipinski definition) is 1. The highest BCUT2D eigenvalue weighted by Gasteiger charge is 2.15. The maximum absolute atomic E-state index is 13.4. The van der Waals surface area contributed by atoms with Gasteiger partial charge in [0.1, 0.15) is 16.9 Å². The van der Waals surface area contributed by atoms with E-state index in [1.54, 1.807) is 6.92 Å². The third kappa shape index (κ3) is 3.40. The molecular weight excluding hydrogens is 310 g/mol. The van der Waals surface area contributed by atoms with Gasteiger partial charge in [-0.1, -0.05) is 0 Å². The van der Waals surface area contributed by atoms with Gasteiger partial charge in [0.05, 0.1) is 5.56 Å². The first-order valence-electron chi connectivity index (χ1n) is 6.30. The number of nitrogens with one attached hydrogen (secondary N) is 1. The molecule has 2 rings (SSSR count). The van der Waals surface area contributed by atoms with Crippen LogP contribution >= 0.6 is 11.3 Å². The van der Waals surface area contributed by atoms with Gasteiger partial charge in [-0.25, -0.2) is 8.78 Å². The molecule has 1 N–H and O–H groups in total. The van der Waals surface area contributed by atoms with Crippen molar-refractivity contribution < 1.29 is 18.3 Å². The first-order valence-corrected chi connectivity index (χ1v) is 7.11. The number of carbonyl (C=O) groups is 1. The number of benzene rings is 1. The van der Waals surface area contributed by atoms with E-state index < -0.39 is 24.1 Å². The lowest BCUT2D eigenvalue weighted by atomic mass is 10.2. The number of halogens is 2. The molecule has 0 aliphatic carbocycles. The van der Waals surface area contributed by atoms with Gasteiger partial charge in [0.15, 0.2) is 18.2 Å². The van der Waals surface area contributed by atoms with Gasteiger partial charge in [-0.3, -0.25) is 4.79 Å². The van der Waals surface area contributed by atoms with Crippen LogP contribution in [0, 0.1) is 36.8 Å². The summed E-state index contributed by atoms with van der Waals surface area (Å²) < 4.78 is 31.1. The number of thiophene rings is 1. The maximum atomic E-state index is 13.4. The number of nitriles is 1. The Hall–Kier alpha value is -2.46. The van der Waals surface area contributed by atoms with Crippen LogP contribution in [0.3, 0.4) is 0 Å². The number of ether oxygens (including phenoxy) is 1. The van der Waals surface area contributed by atoms with Crippen LogP contribution in [0.5, 0.6) is 5.75 Å². The molecule has 1 aromatic heterocycles. The fourth-order valence-electron chi connectivity index (χ4n) is 1.75. The Kier molecular flexibility index (Phi) is 4.73. The monoisotopic (exact) mass is 322 g/mol. The van der Waals surface area contributed by atoms with Gasteiger partial charge < -0.3 is 10.1 Å². The number of carbonyl (C=O) groups excluding carboxylic acids is 1. The average molecular weight is 322 g/mol. The summed E-state index contributed by atoms with van der Waals surface area (Å²) in [5, 5.41) is 12.1. The van der Waals surface area contributed by atoms with Crippen molar-refractivity contribution in [2.24, 2.45) is 0 Å². The van der Waals surface area contributed by atoms with Crippen LogP contribution in [-0.2, 0) is 4.79 Å². The molecule has 0 bridgehead atoms. The van der Waals surface area contributed by atoms with Crippen molar-refractivity contribution in [3.05, 3.63) is 45.8 Å². The van der Waals surface area contributed by atoms with E-state index in [0.29, 0.717) is 16.6 Å². The summed E-state index contributed by atoms with van der Waals surface area (Å²) in [6, 6.07) is 4.85. The Morgan fingerprint density at radius 1 is 1.41 bits per heavy atom. The van der Waals surface area contributed by atoms with Gasteiger partial charge in [-0.15, -0.1) is 11.3 Å². The lowest BCUT2D eigenvalue weighted by Crippen LogP contribution is -2.20. The molecule has 0 saturated heterocycles. The molecule has 7 heteroatoms. The average Bonchev–Trinajstić information content (AvgIpc) is 2.72. The molecular formula is C15H12F2N2O2S. The van der Waals surface area contributed by atoms with Crippen molar-refractivity contribution >= 4 is 22.2 Å². The van der Waals surface area contributed by atoms with Crippen LogP contribution in [0.2, 0.25) is 0 Å². The molecule has 1 amide bonds. The SMILES string of the molecule is Cc1sc(NC(=O)COc2ccc(F)cc2F)c(C#N)c1C. The van der Waals surface area contributed by atoms with Gasteiger partial charge >= 0.3 is 0 Å².